The third kappa shape index (κ3) is 2.65. The highest BCUT2D eigenvalue weighted by atomic mass is 16.5. The molecule has 1 aromatic carbocycles. The highest BCUT2D eigenvalue weighted by Gasteiger charge is 2.25. The van der Waals surface area contributed by atoms with Crippen molar-refractivity contribution in [3.8, 4) is 11.5 Å². The van der Waals surface area contributed by atoms with E-state index in [1.807, 2.05) is 31.2 Å². The Hall–Kier alpha value is -1.94. The molecule has 1 unspecified atom stereocenters. The molecule has 0 aliphatic heterocycles. The van der Waals surface area contributed by atoms with E-state index in [0.717, 1.165) is 34.9 Å². The fraction of sp³-hybridized carbons (Fsp3) is 0.375. The van der Waals surface area contributed by atoms with Crippen molar-refractivity contribution in [2.24, 2.45) is 0 Å². The summed E-state index contributed by atoms with van der Waals surface area (Å²) in [6, 6.07) is 7.64. The minimum atomic E-state index is -0.0962. The van der Waals surface area contributed by atoms with E-state index in [1.54, 1.807) is 20.5 Å². The van der Waals surface area contributed by atoms with E-state index in [2.05, 4.69) is 12.2 Å². The summed E-state index contributed by atoms with van der Waals surface area (Å²) in [7, 11) is 3.33. The first kappa shape index (κ1) is 14.5. The van der Waals surface area contributed by atoms with E-state index in [4.69, 9.17) is 13.9 Å². The van der Waals surface area contributed by atoms with Crippen LogP contribution in [0.5, 0.6) is 11.5 Å². The lowest BCUT2D eigenvalue weighted by atomic mass is 9.99. The molecule has 0 aliphatic rings. The molecular formula is C16H21NO3. The molecule has 4 heteroatoms. The molecule has 20 heavy (non-hydrogen) atoms. The molecule has 2 rings (SSSR count). The van der Waals surface area contributed by atoms with Crippen molar-refractivity contribution in [3.63, 3.8) is 0 Å². The predicted octanol–water partition coefficient (Wildman–Crippen LogP) is 3.30. The van der Waals surface area contributed by atoms with Crippen LogP contribution in [0.4, 0.5) is 0 Å². The van der Waals surface area contributed by atoms with Crippen LogP contribution in [0.15, 0.2) is 34.9 Å². The van der Waals surface area contributed by atoms with Gasteiger partial charge in [-0.25, -0.2) is 0 Å². The summed E-state index contributed by atoms with van der Waals surface area (Å²) in [5.41, 5.74) is 2.06. The van der Waals surface area contributed by atoms with Gasteiger partial charge >= 0.3 is 0 Å². The summed E-state index contributed by atoms with van der Waals surface area (Å²) >= 11 is 0. The van der Waals surface area contributed by atoms with Gasteiger partial charge in [-0.1, -0.05) is 13.0 Å². The molecule has 0 saturated carbocycles. The summed E-state index contributed by atoms with van der Waals surface area (Å²) in [5.74, 6) is 2.45. The third-order valence-electron chi connectivity index (χ3n) is 3.33. The second kappa shape index (κ2) is 6.48. The summed E-state index contributed by atoms with van der Waals surface area (Å²) in [6.07, 6.45) is 1.71. The Morgan fingerprint density at radius 3 is 2.25 bits per heavy atom. The largest absolute Gasteiger partial charge is 0.496 e. The number of hydrogen-bond donors (Lipinski definition) is 1. The van der Waals surface area contributed by atoms with Crippen molar-refractivity contribution in [2.45, 2.75) is 19.9 Å². The molecule has 1 atom stereocenters. The number of aryl methyl sites for hydroxylation is 1. The van der Waals surface area contributed by atoms with Gasteiger partial charge in [-0.05, 0) is 37.2 Å². The lowest BCUT2D eigenvalue weighted by Crippen LogP contribution is -2.23. The normalized spacial score (nSPS) is 12.2. The van der Waals surface area contributed by atoms with Gasteiger partial charge in [-0.2, -0.15) is 0 Å². The number of rotatable bonds is 6. The standard InChI is InChI=1S/C16H21NO3/c1-5-17-15(16-11(2)9-10-20-16)14-12(18-3)7-6-8-13(14)19-4/h6-10,15,17H,5H2,1-4H3. The molecule has 0 aliphatic carbocycles. The first-order chi connectivity index (χ1) is 9.72. The van der Waals surface area contributed by atoms with Crippen LogP contribution >= 0.6 is 0 Å². The highest BCUT2D eigenvalue weighted by Crippen LogP contribution is 2.38. The van der Waals surface area contributed by atoms with Gasteiger partial charge in [-0.15, -0.1) is 0 Å². The quantitative estimate of drug-likeness (QED) is 0.878. The van der Waals surface area contributed by atoms with Gasteiger partial charge < -0.3 is 19.2 Å². The van der Waals surface area contributed by atoms with E-state index < -0.39 is 0 Å². The van der Waals surface area contributed by atoms with Crippen molar-refractivity contribution < 1.29 is 13.9 Å². The number of furan rings is 1. The van der Waals surface area contributed by atoms with Gasteiger partial charge in [0.15, 0.2) is 0 Å². The zero-order chi connectivity index (χ0) is 14.5. The van der Waals surface area contributed by atoms with Crippen LogP contribution in [-0.4, -0.2) is 20.8 Å². The average Bonchev–Trinajstić information content (AvgIpc) is 2.90. The number of methoxy groups -OCH3 is 2. The number of benzene rings is 1. The van der Waals surface area contributed by atoms with Crippen molar-refractivity contribution >= 4 is 0 Å². The van der Waals surface area contributed by atoms with E-state index in [0.29, 0.717) is 0 Å². The molecular weight excluding hydrogens is 254 g/mol. The van der Waals surface area contributed by atoms with E-state index >= 15 is 0 Å². The van der Waals surface area contributed by atoms with Crippen molar-refractivity contribution in [3.05, 3.63) is 47.4 Å². The van der Waals surface area contributed by atoms with Gasteiger partial charge in [-0.3, -0.25) is 0 Å². The SMILES string of the molecule is CCNC(c1occc1C)c1c(OC)cccc1OC. The van der Waals surface area contributed by atoms with Crippen LogP contribution < -0.4 is 14.8 Å². The summed E-state index contributed by atoms with van der Waals surface area (Å²) < 4.78 is 16.6. The second-order valence-corrected chi connectivity index (χ2v) is 4.53. The van der Waals surface area contributed by atoms with E-state index in [1.165, 1.54) is 0 Å². The monoisotopic (exact) mass is 275 g/mol. The van der Waals surface area contributed by atoms with Crippen LogP contribution in [0.1, 0.15) is 29.9 Å². The van der Waals surface area contributed by atoms with Crippen LogP contribution in [0.3, 0.4) is 0 Å². The number of ether oxygens (including phenoxy) is 2. The molecule has 1 aromatic heterocycles. The molecule has 1 N–H and O–H groups in total. The fourth-order valence-corrected chi connectivity index (χ4v) is 2.37. The molecule has 1 heterocycles. The molecule has 0 radical (unpaired) electrons. The molecule has 0 fully saturated rings. The number of hydrogen-bond acceptors (Lipinski definition) is 4. The summed E-state index contributed by atoms with van der Waals surface area (Å²) in [6.45, 7) is 4.91. The van der Waals surface area contributed by atoms with Gasteiger partial charge in [0, 0.05) is 0 Å². The molecule has 108 valence electrons. The molecule has 2 aromatic rings. The van der Waals surface area contributed by atoms with Gasteiger partial charge in [0.2, 0.25) is 0 Å². The minimum absolute atomic E-state index is 0.0962. The Kier molecular flexibility index (Phi) is 4.69. The Morgan fingerprint density at radius 2 is 1.80 bits per heavy atom. The van der Waals surface area contributed by atoms with Crippen LogP contribution in [0.25, 0.3) is 0 Å². The maximum atomic E-state index is 5.66. The maximum Gasteiger partial charge on any atom is 0.128 e. The lowest BCUT2D eigenvalue weighted by Gasteiger charge is -2.22. The Labute approximate surface area is 119 Å². The third-order valence-corrected chi connectivity index (χ3v) is 3.33. The van der Waals surface area contributed by atoms with Crippen molar-refractivity contribution in [1.82, 2.24) is 5.32 Å². The maximum absolute atomic E-state index is 5.66. The topological polar surface area (TPSA) is 43.6 Å². The minimum Gasteiger partial charge on any atom is -0.496 e. The predicted molar refractivity (Wildman–Crippen MR) is 78.5 cm³/mol. The molecule has 0 spiro atoms. The molecule has 0 amide bonds. The van der Waals surface area contributed by atoms with Gasteiger partial charge in [0.25, 0.3) is 0 Å². The van der Waals surface area contributed by atoms with Crippen molar-refractivity contribution in [1.29, 1.82) is 0 Å². The van der Waals surface area contributed by atoms with Crippen LogP contribution in [-0.2, 0) is 0 Å². The molecule has 0 bridgehead atoms. The second-order valence-electron chi connectivity index (χ2n) is 4.53. The fourth-order valence-electron chi connectivity index (χ4n) is 2.37. The smallest absolute Gasteiger partial charge is 0.128 e. The first-order valence-corrected chi connectivity index (χ1v) is 6.71. The van der Waals surface area contributed by atoms with E-state index in [9.17, 15) is 0 Å². The molecule has 0 saturated heterocycles. The average molecular weight is 275 g/mol. The zero-order valence-corrected chi connectivity index (χ0v) is 12.4. The Bertz CT molecular complexity index is 540. The van der Waals surface area contributed by atoms with Gasteiger partial charge in [0.05, 0.1) is 32.1 Å². The summed E-state index contributed by atoms with van der Waals surface area (Å²) in [5, 5.41) is 3.44. The zero-order valence-electron chi connectivity index (χ0n) is 12.4. The Balaban J connectivity index is 2.57. The molecule has 4 nitrogen and oxygen atoms in total. The summed E-state index contributed by atoms with van der Waals surface area (Å²) in [4.78, 5) is 0. The van der Waals surface area contributed by atoms with Gasteiger partial charge in [0.1, 0.15) is 17.3 Å². The first-order valence-electron chi connectivity index (χ1n) is 6.71. The number of nitrogens with one attached hydrogen (secondary N) is 1. The van der Waals surface area contributed by atoms with E-state index in [-0.39, 0.29) is 6.04 Å². The lowest BCUT2D eigenvalue weighted by molar-refractivity contribution is 0.366. The Morgan fingerprint density at radius 1 is 1.15 bits per heavy atom. The van der Waals surface area contributed by atoms with Crippen LogP contribution in [0.2, 0.25) is 0 Å². The van der Waals surface area contributed by atoms with Crippen molar-refractivity contribution in [2.75, 3.05) is 20.8 Å². The van der Waals surface area contributed by atoms with Crippen LogP contribution in [0, 0.1) is 6.92 Å². The highest BCUT2D eigenvalue weighted by molar-refractivity contribution is 5.50.